The van der Waals surface area contributed by atoms with E-state index in [0.29, 0.717) is 51.0 Å². The molecule has 10 aliphatic rings. The average Bonchev–Trinajstić information content (AvgIpc) is 3.85. The van der Waals surface area contributed by atoms with Gasteiger partial charge in [-0.25, -0.2) is 0 Å². The number of hydrogen-bond acceptors (Lipinski definition) is 7. The molecule has 2 aromatic carbocycles. The monoisotopic (exact) mass is 927 g/mol. The van der Waals surface area contributed by atoms with E-state index >= 15 is 4.79 Å². The standard InChI is InChI=1S/C55H65ClF3NO6/c1-49-15-12-39(61)27-52(49)18-19-54(42(28-52)48(63)45-11-10-44(66-45)41-23-38(55(57,58)59)8-9-43(41)56)46(49)13-16-50(2)47(54)14-17-53(50,64)33-60(29-40(62)31-65-30-34-6-4-3-5-7-34)32-51-24-35-20-36(25-51)22-37(21-35)26-51/h3-11,18-19,23,28,35-37,39-40,46-47,61-62,64H,12-17,20-22,24-27,29-33H2,1-2H3/t35?,36?,37?,39?,40-,46-,47-,49-,50+,51?,52+,53-,54-/m1/s1. The summed E-state index contributed by atoms with van der Waals surface area (Å²) >= 11 is 6.46. The molecule has 1 heterocycles. The number of Topliss-reactive ketones (excluding diaryl/α,β-unsaturated/α-hetero) is 1. The number of carbonyl (C=O) groups is 1. The number of rotatable bonds is 13. The number of halogens is 4. The lowest BCUT2D eigenvalue weighted by Crippen LogP contribution is -2.67. The number of hydrogen-bond donors (Lipinski definition) is 3. The highest BCUT2D eigenvalue weighted by Gasteiger charge is 2.75. The highest BCUT2D eigenvalue weighted by molar-refractivity contribution is 6.33. The van der Waals surface area contributed by atoms with Gasteiger partial charge in [0.05, 0.1) is 41.6 Å². The van der Waals surface area contributed by atoms with Crippen molar-refractivity contribution in [3.05, 3.63) is 106 Å². The van der Waals surface area contributed by atoms with E-state index in [1.54, 1.807) is 6.07 Å². The van der Waals surface area contributed by atoms with E-state index in [0.717, 1.165) is 61.3 Å². The molecule has 7 saturated carbocycles. The van der Waals surface area contributed by atoms with Crippen molar-refractivity contribution >= 4 is 17.4 Å². The van der Waals surface area contributed by atoms with Crippen LogP contribution in [0.5, 0.6) is 0 Å². The first-order valence-electron chi connectivity index (χ1n) is 24.7. The van der Waals surface area contributed by atoms with Crippen LogP contribution in [-0.2, 0) is 17.5 Å². The van der Waals surface area contributed by atoms with Crippen LogP contribution in [0.1, 0.15) is 119 Å². The van der Waals surface area contributed by atoms with Gasteiger partial charge in [-0.2, -0.15) is 13.2 Å². The minimum atomic E-state index is -4.59. The molecule has 7 nitrogen and oxygen atoms in total. The summed E-state index contributed by atoms with van der Waals surface area (Å²) in [4.78, 5) is 17.8. The molecular formula is C55H65ClF3NO6. The minimum absolute atomic E-state index is 0.0269. The van der Waals surface area contributed by atoms with Crippen molar-refractivity contribution in [2.45, 2.75) is 128 Å². The topological polar surface area (TPSA) is 103 Å². The molecule has 1 unspecified atom stereocenters. The van der Waals surface area contributed by atoms with Crippen molar-refractivity contribution in [2.24, 2.45) is 56.7 Å². The second-order valence-electron chi connectivity index (χ2n) is 23.2. The van der Waals surface area contributed by atoms with Crippen LogP contribution in [0.4, 0.5) is 13.2 Å². The smallest absolute Gasteiger partial charge is 0.416 e. The van der Waals surface area contributed by atoms with Gasteiger partial charge < -0.3 is 24.5 Å². The maximum atomic E-state index is 15.4. The highest BCUT2D eigenvalue weighted by Crippen LogP contribution is 2.78. The summed E-state index contributed by atoms with van der Waals surface area (Å²) in [5.74, 6) is 2.00. The Bertz CT molecular complexity index is 2400. The van der Waals surface area contributed by atoms with E-state index in [4.69, 9.17) is 20.8 Å². The molecule has 2 spiro atoms. The van der Waals surface area contributed by atoms with Gasteiger partial charge in [0, 0.05) is 47.0 Å². The first-order valence-corrected chi connectivity index (χ1v) is 25.1. The predicted molar refractivity (Wildman–Crippen MR) is 246 cm³/mol. The number of nitrogens with zero attached hydrogens (tertiary/aromatic N) is 1. The second kappa shape index (κ2) is 15.9. The first kappa shape index (κ1) is 45.2. The lowest BCUT2D eigenvalue weighted by molar-refractivity contribution is -0.179. The third-order valence-corrected chi connectivity index (χ3v) is 19.8. The maximum Gasteiger partial charge on any atom is 0.416 e. The Morgan fingerprint density at radius 2 is 1.56 bits per heavy atom. The third kappa shape index (κ3) is 7.10. The van der Waals surface area contributed by atoms with E-state index in [1.807, 2.05) is 30.3 Å². The molecule has 0 saturated heterocycles. The molecule has 10 aliphatic carbocycles. The zero-order valence-corrected chi connectivity index (χ0v) is 39.1. The lowest BCUT2D eigenvalue weighted by Gasteiger charge is -2.71. The van der Waals surface area contributed by atoms with Crippen molar-refractivity contribution < 1.29 is 42.4 Å². The van der Waals surface area contributed by atoms with Crippen LogP contribution in [0.15, 0.2) is 88.9 Å². The van der Waals surface area contributed by atoms with Gasteiger partial charge in [0.15, 0.2) is 5.76 Å². The van der Waals surface area contributed by atoms with Crippen LogP contribution in [-0.4, -0.2) is 70.1 Å². The van der Waals surface area contributed by atoms with Gasteiger partial charge in [0.2, 0.25) is 5.78 Å². The molecule has 1 aromatic heterocycles. The Kier molecular flexibility index (Phi) is 10.9. The molecule has 354 valence electrons. The van der Waals surface area contributed by atoms with E-state index in [1.165, 1.54) is 50.7 Å². The van der Waals surface area contributed by atoms with E-state index in [9.17, 15) is 28.5 Å². The van der Waals surface area contributed by atoms with E-state index in [2.05, 4.69) is 37.0 Å². The Morgan fingerprint density at radius 3 is 2.27 bits per heavy atom. The maximum absolute atomic E-state index is 15.4. The van der Waals surface area contributed by atoms with Gasteiger partial charge in [-0.15, -0.1) is 0 Å². The Hall–Kier alpha value is -3.25. The summed E-state index contributed by atoms with van der Waals surface area (Å²) < 4.78 is 53.8. The number of carbonyl (C=O) groups excluding carboxylic acids is 1. The SMILES string of the molecule is C[C@]12CC[C@H]3[C@]4(C=C[C@@]5(C=C4C(=O)c4ccc(-c6cc(C(F)(F)F)ccc6Cl)o4)CC(O)CC[C@]35C)[C@@H]1CC[C@@]2(O)CN(C[C@@H](O)COCc1ccccc1)CC12CC3CC(CC(C3)C1)C2. The molecular weight excluding hydrogens is 863 g/mol. The molecule has 11 heteroatoms. The molecule has 3 aromatic rings. The summed E-state index contributed by atoms with van der Waals surface area (Å²) in [6.45, 7) is 6.86. The second-order valence-corrected chi connectivity index (χ2v) is 23.6. The number of ether oxygens (including phenoxy) is 1. The zero-order chi connectivity index (χ0) is 46.1. The Labute approximate surface area is 391 Å². The predicted octanol–water partition coefficient (Wildman–Crippen LogP) is 11.5. The number of ketones is 1. The van der Waals surface area contributed by atoms with E-state index < -0.39 is 45.8 Å². The Balaban J connectivity index is 0.926. The molecule has 13 rings (SSSR count). The fraction of sp³-hybridized carbons (Fsp3) is 0.618. The molecule has 7 fully saturated rings. The van der Waals surface area contributed by atoms with Crippen LogP contribution in [0, 0.1) is 56.7 Å². The van der Waals surface area contributed by atoms with Crippen molar-refractivity contribution in [1.29, 1.82) is 0 Å². The molecule has 6 bridgehead atoms. The summed E-state index contributed by atoms with van der Waals surface area (Å²) in [6.07, 6.45) is 13.2. The van der Waals surface area contributed by atoms with Gasteiger partial charge in [0.1, 0.15) is 5.76 Å². The quantitative estimate of drug-likeness (QED) is 0.116. The molecule has 3 N–H and O–H groups in total. The molecule has 9 atom stereocenters. The fourth-order valence-electron chi connectivity index (χ4n) is 17.0. The van der Waals surface area contributed by atoms with Crippen molar-refractivity contribution in [1.82, 2.24) is 4.90 Å². The van der Waals surface area contributed by atoms with Gasteiger partial charge in [-0.1, -0.05) is 74.0 Å². The summed E-state index contributed by atoms with van der Waals surface area (Å²) in [5.41, 5.74) is -2.29. The number of allylic oxidation sites excluding steroid dienone is 4. The van der Waals surface area contributed by atoms with Crippen LogP contribution in [0.3, 0.4) is 0 Å². The molecule has 66 heavy (non-hydrogen) atoms. The number of aliphatic hydroxyl groups excluding tert-OH is 2. The number of furan rings is 1. The number of fused-ring (bicyclic) bond motifs is 1. The van der Waals surface area contributed by atoms with Crippen LogP contribution < -0.4 is 0 Å². The van der Waals surface area contributed by atoms with Gasteiger partial charge in [-0.3, -0.25) is 9.69 Å². The zero-order valence-electron chi connectivity index (χ0n) is 38.3. The van der Waals surface area contributed by atoms with E-state index in [-0.39, 0.29) is 57.2 Å². The first-order chi connectivity index (χ1) is 31.4. The number of aliphatic hydroxyl groups is 3. The number of benzene rings is 2. The summed E-state index contributed by atoms with van der Waals surface area (Å²) in [5, 5.41) is 36.6. The van der Waals surface area contributed by atoms with Crippen LogP contribution in [0.2, 0.25) is 5.02 Å². The molecule has 0 radical (unpaired) electrons. The van der Waals surface area contributed by atoms with Gasteiger partial charge in [-0.05, 0) is 160 Å². The molecule has 0 aliphatic heterocycles. The number of alkyl halides is 3. The lowest BCUT2D eigenvalue weighted by atomic mass is 9.32. The average molecular weight is 929 g/mol. The highest BCUT2D eigenvalue weighted by atomic mass is 35.5. The fourth-order valence-corrected chi connectivity index (χ4v) is 17.2. The van der Waals surface area contributed by atoms with Gasteiger partial charge >= 0.3 is 6.18 Å². The third-order valence-electron chi connectivity index (χ3n) is 19.4. The molecule has 0 amide bonds. The largest absolute Gasteiger partial charge is 0.453 e. The van der Waals surface area contributed by atoms with Gasteiger partial charge in [0.25, 0.3) is 0 Å². The summed E-state index contributed by atoms with van der Waals surface area (Å²) in [6, 6.07) is 16.1. The summed E-state index contributed by atoms with van der Waals surface area (Å²) in [7, 11) is 0. The Morgan fingerprint density at radius 1 is 0.879 bits per heavy atom. The normalized spacial score (nSPS) is 40.0. The van der Waals surface area contributed by atoms with Crippen LogP contribution >= 0.6 is 11.6 Å². The van der Waals surface area contributed by atoms with Crippen molar-refractivity contribution in [3.63, 3.8) is 0 Å². The van der Waals surface area contributed by atoms with Crippen LogP contribution in [0.25, 0.3) is 11.3 Å². The minimum Gasteiger partial charge on any atom is -0.453 e. The van der Waals surface area contributed by atoms with Crippen molar-refractivity contribution in [3.8, 4) is 11.3 Å². The van der Waals surface area contributed by atoms with Crippen molar-refractivity contribution in [2.75, 3.05) is 26.2 Å².